The fourth-order valence-corrected chi connectivity index (χ4v) is 3.64. The molecule has 1 aromatic heterocycles. The van der Waals surface area contributed by atoms with Crippen LogP contribution in [0.2, 0.25) is 0 Å². The largest absolute Gasteiger partial charge is 0.363 e. The maximum absolute atomic E-state index is 13.8. The highest BCUT2D eigenvalue weighted by molar-refractivity contribution is 7.80. The van der Waals surface area contributed by atoms with Crippen LogP contribution in [0.5, 0.6) is 0 Å². The summed E-state index contributed by atoms with van der Waals surface area (Å²) in [4.78, 5) is 10.1. The van der Waals surface area contributed by atoms with Gasteiger partial charge < -0.3 is 4.90 Å². The number of nitrogens with zero attached hydrogens (tertiary/aromatic N) is 3. The maximum Gasteiger partial charge on any atom is 0.127 e. The van der Waals surface area contributed by atoms with Gasteiger partial charge in [-0.05, 0) is 37.6 Å². The monoisotopic (exact) mass is 357 g/mol. The highest BCUT2D eigenvalue weighted by atomic mass is 32.1. The van der Waals surface area contributed by atoms with Crippen LogP contribution < -0.4 is 0 Å². The summed E-state index contributed by atoms with van der Waals surface area (Å²) in [5, 5.41) is 0. The van der Waals surface area contributed by atoms with E-state index < -0.39 is 0 Å². The number of thiocarbonyl (C=S) groups is 1. The molecule has 0 N–H and O–H groups in total. The Labute approximate surface area is 154 Å². The van der Waals surface area contributed by atoms with Gasteiger partial charge in [-0.15, -0.1) is 0 Å². The van der Waals surface area contributed by atoms with E-state index in [4.69, 9.17) is 12.2 Å². The summed E-state index contributed by atoms with van der Waals surface area (Å²) >= 11 is 5.64. The van der Waals surface area contributed by atoms with Crippen molar-refractivity contribution in [1.29, 1.82) is 0 Å². The van der Waals surface area contributed by atoms with Crippen molar-refractivity contribution in [2.45, 2.75) is 26.8 Å². The van der Waals surface area contributed by atoms with Gasteiger partial charge in [-0.3, -0.25) is 9.88 Å². The molecule has 2 heterocycles. The lowest BCUT2D eigenvalue weighted by Crippen LogP contribution is -2.48. The van der Waals surface area contributed by atoms with E-state index in [1.807, 2.05) is 19.1 Å². The van der Waals surface area contributed by atoms with Gasteiger partial charge in [0.25, 0.3) is 0 Å². The molecule has 0 saturated carbocycles. The molecule has 1 aromatic carbocycles. The summed E-state index contributed by atoms with van der Waals surface area (Å²) in [6, 6.07) is 11.2. The van der Waals surface area contributed by atoms with Crippen molar-refractivity contribution in [3.63, 3.8) is 0 Å². The van der Waals surface area contributed by atoms with Gasteiger partial charge in [-0.1, -0.05) is 30.4 Å². The summed E-state index contributed by atoms with van der Waals surface area (Å²) < 4.78 is 13.8. The summed E-state index contributed by atoms with van der Waals surface area (Å²) in [6.45, 7) is 8.33. The smallest absolute Gasteiger partial charge is 0.127 e. The summed E-state index contributed by atoms with van der Waals surface area (Å²) in [7, 11) is 0. The molecule has 0 atom stereocenters. The van der Waals surface area contributed by atoms with Crippen LogP contribution in [-0.4, -0.2) is 46.0 Å². The zero-order valence-corrected chi connectivity index (χ0v) is 15.7. The standard InChI is InChI=1S/C20H24FN3S/c1-15-11-16(2)22-18(12-15)13-20(25)24-9-7-23(8-10-24)14-17-5-3-4-6-19(17)21/h3-6,11-12H,7-10,13-14H2,1-2H3. The van der Waals surface area contributed by atoms with Crippen LogP contribution in [0.3, 0.4) is 0 Å². The minimum Gasteiger partial charge on any atom is -0.363 e. The molecule has 0 amide bonds. The number of aromatic nitrogens is 1. The van der Waals surface area contributed by atoms with Crippen molar-refractivity contribution in [2.75, 3.05) is 26.2 Å². The fraction of sp³-hybridized carbons (Fsp3) is 0.400. The maximum atomic E-state index is 13.8. The molecule has 1 fully saturated rings. The first kappa shape index (κ1) is 18.0. The first-order valence-electron chi connectivity index (χ1n) is 8.69. The zero-order valence-electron chi connectivity index (χ0n) is 14.8. The average molecular weight is 357 g/mol. The number of halogens is 1. The van der Waals surface area contributed by atoms with Crippen LogP contribution >= 0.6 is 12.2 Å². The number of rotatable bonds is 4. The predicted octanol–water partition coefficient (Wildman–Crippen LogP) is 3.53. The second-order valence-corrected chi connectivity index (χ2v) is 7.17. The van der Waals surface area contributed by atoms with Crippen molar-refractivity contribution < 1.29 is 4.39 Å². The van der Waals surface area contributed by atoms with E-state index in [1.54, 1.807) is 6.07 Å². The number of aryl methyl sites for hydroxylation is 2. The van der Waals surface area contributed by atoms with Crippen molar-refractivity contribution in [3.8, 4) is 0 Å². The van der Waals surface area contributed by atoms with Gasteiger partial charge in [0, 0.05) is 56.1 Å². The Morgan fingerprint density at radius 1 is 1.12 bits per heavy atom. The van der Waals surface area contributed by atoms with Crippen LogP contribution in [0.15, 0.2) is 36.4 Å². The highest BCUT2D eigenvalue weighted by Gasteiger charge is 2.20. The van der Waals surface area contributed by atoms with E-state index in [0.717, 1.165) is 48.1 Å². The zero-order chi connectivity index (χ0) is 17.8. The molecule has 5 heteroatoms. The minimum absolute atomic E-state index is 0.124. The van der Waals surface area contributed by atoms with E-state index in [9.17, 15) is 4.39 Å². The normalized spacial score (nSPS) is 15.4. The number of hydrogen-bond acceptors (Lipinski definition) is 3. The van der Waals surface area contributed by atoms with Crippen molar-refractivity contribution in [3.05, 3.63) is 64.7 Å². The topological polar surface area (TPSA) is 19.4 Å². The average Bonchev–Trinajstić information content (AvgIpc) is 2.56. The summed E-state index contributed by atoms with van der Waals surface area (Å²) in [5.41, 5.74) is 4.06. The lowest BCUT2D eigenvalue weighted by molar-refractivity contribution is 0.174. The molecule has 0 bridgehead atoms. The fourth-order valence-electron chi connectivity index (χ4n) is 3.31. The first-order valence-corrected chi connectivity index (χ1v) is 9.10. The van der Waals surface area contributed by atoms with Crippen molar-refractivity contribution in [1.82, 2.24) is 14.8 Å². The molecule has 2 aromatic rings. The lowest BCUT2D eigenvalue weighted by Gasteiger charge is -2.36. The van der Waals surface area contributed by atoms with Gasteiger partial charge in [0.2, 0.25) is 0 Å². The van der Waals surface area contributed by atoms with E-state index in [-0.39, 0.29) is 5.82 Å². The van der Waals surface area contributed by atoms with Crippen molar-refractivity contribution in [2.24, 2.45) is 0 Å². The molecule has 3 rings (SSSR count). The summed E-state index contributed by atoms with van der Waals surface area (Å²) in [6.07, 6.45) is 0.713. The van der Waals surface area contributed by atoms with Gasteiger partial charge in [-0.25, -0.2) is 4.39 Å². The Balaban J connectivity index is 1.53. The number of hydrogen-bond donors (Lipinski definition) is 0. The molecule has 132 valence electrons. The van der Waals surface area contributed by atoms with E-state index >= 15 is 0 Å². The third-order valence-electron chi connectivity index (χ3n) is 4.56. The molecule has 1 saturated heterocycles. The Hall–Kier alpha value is -1.85. The number of benzene rings is 1. The molecule has 3 nitrogen and oxygen atoms in total. The Kier molecular flexibility index (Phi) is 5.76. The van der Waals surface area contributed by atoms with Crippen LogP contribution in [-0.2, 0) is 13.0 Å². The second-order valence-electron chi connectivity index (χ2n) is 6.70. The van der Waals surface area contributed by atoms with Crippen LogP contribution in [0.25, 0.3) is 0 Å². The molecule has 1 aliphatic heterocycles. The number of piperazine rings is 1. The molecule has 0 aliphatic carbocycles. The van der Waals surface area contributed by atoms with Gasteiger partial charge in [0.15, 0.2) is 0 Å². The lowest BCUT2D eigenvalue weighted by atomic mass is 10.1. The van der Waals surface area contributed by atoms with Gasteiger partial charge >= 0.3 is 0 Å². The third kappa shape index (κ3) is 4.83. The Morgan fingerprint density at radius 2 is 1.84 bits per heavy atom. The molecule has 0 radical (unpaired) electrons. The first-order chi connectivity index (χ1) is 12.0. The van der Waals surface area contributed by atoms with E-state index in [0.29, 0.717) is 13.0 Å². The third-order valence-corrected chi connectivity index (χ3v) is 4.96. The van der Waals surface area contributed by atoms with Crippen LogP contribution in [0, 0.1) is 19.7 Å². The molecule has 0 spiro atoms. The number of pyridine rings is 1. The Bertz CT molecular complexity index is 734. The van der Waals surface area contributed by atoms with Gasteiger partial charge in [0.05, 0.1) is 4.99 Å². The predicted molar refractivity (Wildman–Crippen MR) is 103 cm³/mol. The van der Waals surface area contributed by atoms with E-state index in [1.165, 1.54) is 11.6 Å². The van der Waals surface area contributed by atoms with Crippen molar-refractivity contribution >= 4 is 17.2 Å². The van der Waals surface area contributed by atoms with E-state index in [2.05, 4.69) is 33.8 Å². The van der Waals surface area contributed by atoms with Gasteiger partial charge in [-0.2, -0.15) is 0 Å². The quantitative estimate of drug-likeness (QED) is 0.780. The molecule has 1 aliphatic rings. The van der Waals surface area contributed by atoms with Gasteiger partial charge in [0.1, 0.15) is 5.82 Å². The van der Waals surface area contributed by atoms with Crippen LogP contribution in [0.1, 0.15) is 22.5 Å². The summed E-state index contributed by atoms with van der Waals surface area (Å²) in [5.74, 6) is -0.124. The minimum atomic E-state index is -0.124. The second kappa shape index (κ2) is 8.02. The highest BCUT2D eigenvalue weighted by Crippen LogP contribution is 2.14. The van der Waals surface area contributed by atoms with Crippen LogP contribution in [0.4, 0.5) is 4.39 Å². The molecule has 0 unspecified atom stereocenters. The molecular formula is C20H24FN3S. The SMILES string of the molecule is Cc1cc(C)nc(CC(=S)N2CCN(Cc3ccccc3F)CC2)c1. The molecule has 25 heavy (non-hydrogen) atoms. The Morgan fingerprint density at radius 3 is 2.52 bits per heavy atom. The molecular weight excluding hydrogens is 333 g/mol.